The summed E-state index contributed by atoms with van der Waals surface area (Å²) in [5.74, 6) is 0.337. The molecule has 2 aromatic carbocycles. The Balaban J connectivity index is 1.39. The van der Waals surface area contributed by atoms with E-state index in [0.717, 1.165) is 16.7 Å². The average Bonchev–Trinajstić information content (AvgIpc) is 3.30. The number of aryl methyl sites for hydroxylation is 2. The van der Waals surface area contributed by atoms with Crippen molar-refractivity contribution in [1.82, 2.24) is 9.29 Å². The number of thiazole rings is 1. The van der Waals surface area contributed by atoms with Gasteiger partial charge in [-0.2, -0.15) is 4.31 Å². The number of carbonyl (C=O) groups excluding carboxylic acids is 1. The van der Waals surface area contributed by atoms with Crippen molar-refractivity contribution in [1.29, 1.82) is 0 Å². The summed E-state index contributed by atoms with van der Waals surface area (Å²) in [5, 5.41) is 5.05. The molecule has 0 bridgehead atoms. The first-order chi connectivity index (χ1) is 16.2. The van der Waals surface area contributed by atoms with Crippen molar-refractivity contribution in [3.8, 4) is 17.0 Å². The minimum absolute atomic E-state index is 0.235. The first-order valence-electron chi connectivity index (χ1n) is 10.9. The summed E-state index contributed by atoms with van der Waals surface area (Å²) in [6, 6.07) is 12.3. The lowest BCUT2D eigenvalue weighted by Crippen LogP contribution is -2.40. The monoisotopic (exact) mass is 501 g/mol. The van der Waals surface area contributed by atoms with Crippen LogP contribution in [0, 0.1) is 13.8 Å². The lowest BCUT2D eigenvalue weighted by atomic mass is 10.1. The summed E-state index contributed by atoms with van der Waals surface area (Å²) in [6.07, 6.45) is -0.695. The SMILES string of the molecule is Cc1ccc(OC(C)C(=O)Nc2nc(-c3ccc(S(=O)(=O)N4CCOCC4)cc3)cs2)cc1C. The molecule has 4 rings (SSSR count). The number of hydrogen-bond acceptors (Lipinski definition) is 7. The van der Waals surface area contributed by atoms with Crippen LogP contribution in [0.4, 0.5) is 5.13 Å². The molecule has 180 valence electrons. The maximum absolute atomic E-state index is 12.8. The molecule has 0 saturated carbocycles. The highest BCUT2D eigenvalue weighted by Gasteiger charge is 2.26. The molecule has 1 aliphatic rings. The molecule has 1 N–H and O–H groups in total. The van der Waals surface area contributed by atoms with Gasteiger partial charge in [-0.15, -0.1) is 11.3 Å². The third kappa shape index (κ3) is 5.47. The molecule has 8 nitrogen and oxygen atoms in total. The van der Waals surface area contributed by atoms with Crippen LogP contribution in [0.1, 0.15) is 18.1 Å². The minimum Gasteiger partial charge on any atom is -0.481 e. The Hall–Kier alpha value is -2.79. The molecule has 1 atom stereocenters. The van der Waals surface area contributed by atoms with E-state index in [4.69, 9.17) is 9.47 Å². The summed E-state index contributed by atoms with van der Waals surface area (Å²) in [6.45, 7) is 7.21. The number of nitrogens with zero attached hydrogens (tertiary/aromatic N) is 2. The molecule has 1 aromatic heterocycles. The van der Waals surface area contributed by atoms with Gasteiger partial charge in [-0.05, 0) is 56.2 Å². The minimum atomic E-state index is -3.55. The predicted molar refractivity (Wildman–Crippen MR) is 132 cm³/mol. The quantitative estimate of drug-likeness (QED) is 0.528. The number of carbonyl (C=O) groups is 1. The predicted octanol–water partition coefficient (Wildman–Crippen LogP) is 3.85. The van der Waals surface area contributed by atoms with Crippen LogP contribution in [-0.4, -0.2) is 56.0 Å². The number of rotatable bonds is 7. The van der Waals surface area contributed by atoms with Gasteiger partial charge in [0.25, 0.3) is 5.91 Å². The number of morpholine rings is 1. The van der Waals surface area contributed by atoms with Gasteiger partial charge in [0.1, 0.15) is 5.75 Å². The van der Waals surface area contributed by atoms with Crippen LogP contribution in [0.5, 0.6) is 5.75 Å². The van der Waals surface area contributed by atoms with E-state index in [0.29, 0.717) is 42.9 Å². The Morgan fingerprint density at radius 2 is 1.82 bits per heavy atom. The molecule has 0 aliphatic carbocycles. The van der Waals surface area contributed by atoms with Gasteiger partial charge in [0.15, 0.2) is 11.2 Å². The first-order valence-corrected chi connectivity index (χ1v) is 13.2. The van der Waals surface area contributed by atoms with Crippen molar-refractivity contribution in [2.75, 3.05) is 31.6 Å². The fourth-order valence-corrected chi connectivity index (χ4v) is 5.58. The zero-order valence-electron chi connectivity index (χ0n) is 19.3. The number of nitrogens with one attached hydrogen (secondary N) is 1. The normalized spacial score (nSPS) is 15.6. The summed E-state index contributed by atoms with van der Waals surface area (Å²) >= 11 is 1.29. The van der Waals surface area contributed by atoms with Crippen molar-refractivity contribution in [2.24, 2.45) is 0 Å². The third-order valence-corrected chi connectivity index (χ3v) is 8.32. The van der Waals surface area contributed by atoms with Crippen molar-refractivity contribution < 1.29 is 22.7 Å². The topological polar surface area (TPSA) is 97.8 Å². The van der Waals surface area contributed by atoms with E-state index < -0.39 is 16.1 Å². The van der Waals surface area contributed by atoms with Gasteiger partial charge in [0.2, 0.25) is 10.0 Å². The van der Waals surface area contributed by atoms with Gasteiger partial charge in [-0.1, -0.05) is 18.2 Å². The largest absolute Gasteiger partial charge is 0.481 e. The summed E-state index contributed by atoms with van der Waals surface area (Å²) in [4.78, 5) is 17.3. The van der Waals surface area contributed by atoms with E-state index in [9.17, 15) is 13.2 Å². The maximum atomic E-state index is 12.8. The molecule has 10 heteroatoms. The second-order valence-corrected chi connectivity index (χ2v) is 10.9. The van der Waals surface area contributed by atoms with Crippen LogP contribution in [0.25, 0.3) is 11.3 Å². The lowest BCUT2D eigenvalue weighted by molar-refractivity contribution is -0.122. The van der Waals surface area contributed by atoms with Crippen LogP contribution >= 0.6 is 11.3 Å². The molecular weight excluding hydrogens is 474 g/mol. The number of hydrogen-bond donors (Lipinski definition) is 1. The van der Waals surface area contributed by atoms with E-state index in [2.05, 4.69) is 10.3 Å². The number of aromatic nitrogens is 1. The van der Waals surface area contributed by atoms with Crippen LogP contribution in [0.2, 0.25) is 0 Å². The molecule has 0 radical (unpaired) electrons. The number of ether oxygens (including phenoxy) is 2. The number of anilines is 1. The summed E-state index contributed by atoms with van der Waals surface area (Å²) < 4.78 is 38.0. The van der Waals surface area contributed by atoms with Crippen molar-refractivity contribution in [3.63, 3.8) is 0 Å². The Bertz CT molecular complexity index is 1270. The Labute approximate surface area is 203 Å². The molecule has 3 aromatic rings. The zero-order chi connectivity index (χ0) is 24.3. The fraction of sp³-hybridized carbons (Fsp3) is 0.333. The van der Waals surface area contributed by atoms with Gasteiger partial charge in [0, 0.05) is 24.0 Å². The highest BCUT2D eigenvalue weighted by Crippen LogP contribution is 2.27. The van der Waals surface area contributed by atoms with Crippen LogP contribution < -0.4 is 10.1 Å². The molecule has 0 spiro atoms. The lowest BCUT2D eigenvalue weighted by Gasteiger charge is -2.26. The Kier molecular flexibility index (Phi) is 7.32. The highest BCUT2D eigenvalue weighted by atomic mass is 32.2. The highest BCUT2D eigenvalue weighted by molar-refractivity contribution is 7.89. The third-order valence-electron chi connectivity index (χ3n) is 5.65. The van der Waals surface area contributed by atoms with Gasteiger partial charge < -0.3 is 9.47 Å². The molecule has 1 unspecified atom stereocenters. The second-order valence-electron chi connectivity index (χ2n) is 8.07. The van der Waals surface area contributed by atoms with Gasteiger partial charge >= 0.3 is 0 Å². The molecule has 1 fully saturated rings. The molecule has 1 amide bonds. The number of amides is 1. The fourth-order valence-electron chi connectivity index (χ4n) is 3.45. The van der Waals surface area contributed by atoms with Crippen LogP contribution in [-0.2, 0) is 19.6 Å². The van der Waals surface area contributed by atoms with E-state index in [1.54, 1.807) is 31.2 Å². The Morgan fingerprint density at radius 1 is 1.12 bits per heavy atom. The van der Waals surface area contributed by atoms with Gasteiger partial charge in [0.05, 0.1) is 23.8 Å². The molecule has 2 heterocycles. The number of benzene rings is 2. The summed E-state index contributed by atoms with van der Waals surface area (Å²) in [7, 11) is -3.55. The van der Waals surface area contributed by atoms with Crippen LogP contribution in [0.15, 0.2) is 52.7 Å². The standard InChI is InChI=1S/C24H27N3O5S2/c1-16-4-7-20(14-17(16)2)32-18(3)23(28)26-24-25-22(15-33-24)19-5-8-21(9-6-19)34(29,30)27-10-12-31-13-11-27/h4-9,14-15,18H,10-13H2,1-3H3,(H,25,26,28). The van der Waals surface area contributed by atoms with Crippen molar-refractivity contribution in [2.45, 2.75) is 31.8 Å². The van der Waals surface area contributed by atoms with Crippen LogP contribution in [0.3, 0.4) is 0 Å². The molecule has 1 saturated heterocycles. The smallest absolute Gasteiger partial charge is 0.266 e. The van der Waals surface area contributed by atoms with Gasteiger partial charge in [-0.25, -0.2) is 13.4 Å². The molecule has 1 aliphatic heterocycles. The maximum Gasteiger partial charge on any atom is 0.266 e. The second kappa shape index (κ2) is 10.2. The Morgan fingerprint density at radius 3 is 2.50 bits per heavy atom. The van der Waals surface area contributed by atoms with Gasteiger partial charge in [-0.3, -0.25) is 10.1 Å². The van der Waals surface area contributed by atoms with Crippen molar-refractivity contribution >= 4 is 32.4 Å². The van der Waals surface area contributed by atoms with E-state index in [1.165, 1.54) is 15.6 Å². The summed E-state index contributed by atoms with van der Waals surface area (Å²) in [5.41, 5.74) is 3.67. The zero-order valence-corrected chi connectivity index (χ0v) is 20.9. The van der Waals surface area contributed by atoms with E-state index in [-0.39, 0.29) is 10.8 Å². The molecular formula is C24H27N3O5S2. The first kappa shape index (κ1) is 24.3. The van der Waals surface area contributed by atoms with E-state index >= 15 is 0 Å². The average molecular weight is 502 g/mol. The van der Waals surface area contributed by atoms with Crippen molar-refractivity contribution in [3.05, 3.63) is 59.0 Å². The molecule has 34 heavy (non-hydrogen) atoms. The van der Waals surface area contributed by atoms with E-state index in [1.807, 2.05) is 37.4 Å². The number of sulfonamides is 1.